The summed E-state index contributed by atoms with van der Waals surface area (Å²) in [6.45, 7) is 5.31. The van der Waals surface area contributed by atoms with Crippen molar-refractivity contribution in [2.75, 3.05) is 13.1 Å². The molecule has 2 aromatic carbocycles. The first kappa shape index (κ1) is 26.7. The molecule has 1 heterocycles. The highest BCUT2D eigenvalue weighted by atomic mass is 32.2. The zero-order chi connectivity index (χ0) is 26.1. The molecule has 1 saturated heterocycles. The van der Waals surface area contributed by atoms with Crippen molar-refractivity contribution in [2.24, 2.45) is 0 Å². The predicted molar refractivity (Wildman–Crippen MR) is 122 cm³/mol. The van der Waals surface area contributed by atoms with Gasteiger partial charge in [0.25, 0.3) is 0 Å². The van der Waals surface area contributed by atoms with Crippen LogP contribution in [-0.4, -0.2) is 59.8 Å². The second kappa shape index (κ2) is 9.98. The number of piperazine rings is 1. The number of hydrogen-bond acceptors (Lipinski definition) is 4. The third-order valence-electron chi connectivity index (χ3n) is 6.07. The molecule has 2 atom stereocenters. The number of alkyl halides is 3. The molecule has 7 nitrogen and oxygen atoms in total. The molecule has 1 fully saturated rings. The zero-order valence-corrected chi connectivity index (χ0v) is 20.4. The molecule has 35 heavy (non-hydrogen) atoms. The summed E-state index contributed by atoms with van der Waals surface area (Å²) >= 11 is 0. The summed E-state index contributed by atoms with van der Waals surface area (Å²) in [6.07, 6.45) is -4.85. The second-order valence-electron chi connectivity index (χ2n) is 8.86. The Morgan fingerprint density at radius 3 is 2.09 bits per heavy atom. The normalized spacial score (nSPS) is 19.5. The van der Waals surface area contributed by atoms with Crippen molar-refractivity contribution in [1.82, 2.24) is 9.21 Å². The van der Waals surface area contributed by atoms with Crippen LogP contribution >= 0.6 is 0 Å². The van der Waals surface area contributed by atoms with Crippen molar-refractivity contribution in [2.45, 2.75) is 56.8 Å². The molecule has 1 aliphatic heterocycles. The molecule has 0 saturated carbocycles. The van der Waals surface area contributed by atoms with E-state index in [9.17, 15) is 31.2 Å². The molecule has 0 aliphatic carbocycles. The summed E-state index contributed by atoms with van der Waals surface area (Å²) < 4.78 is 66.4. The van der Waals surface area contributed by atoms with Gasteiger partial charge in [-0.2, -0.15) is 17.5 Å². The Kier molecular flexibility index (Phi) is 7.61. The number of carboxylic acids is 1. The lowest BCUT2D eigenvalue weighted by Crippen LogP contribution is -2.59. The van der Waals surface area contributed by atoms with Gasteiger partial charge < -0.3 is 10.0 Å². The first-order chi connectivity index (χ1) is 16.2. The number of sulfonamides is 1. The Hall–Kier alpha value is -2.92. The minimum atomic E-state index is -4.46. The van der Waals surface area contributed by atoms with Gasteiger partial charge in [-0.15, -0.1) is 0 Å². The molecule has 2 aromatic rings. The largest absolute Gasteiger partial charge is 0.481 e. The molecule has 0 aromatic heterocycles. The maximum atomic E-state index is 13.4. The monoisotopic (exact) mass is 512 g/mol. The van der Waals surface area contributed by atoms with E-state index < -0.39 is 39.8 Å². The van der Waals surface area contributed by atoms with Crippen LogP contribution in [0.1, 0.15) is 36.1 Å². The average Bonchev–Trinajstić information content (AvgIpc) is 2.73. The first-order valence-corrected chi connectivity index (χ1v) is 12.4. The number of benzene rings is 2. The molecule has 190 valence electrons. The molecule has 1 amide bonds. The fraction of sp³-hybridized carbons (Fsp3) is 0.417. The molecule has 0 radical (unpaired) electrons. The maximum Gasteiger partial charge on any atom is 0.416 e. The minimum Gasteiger partial charge on any atom is -0.481 e. The first-order valence-electron chi connectivity index (χ1n) is 11.0. The highest BCUT2D eigenvalue weighted by Crippen LogP contribution is 2.30. The van der Waals surface area contributed by atoms with E-state index in [1.54, 1.807) is 26.8 Å². The average molecular weight is 513 g/mol. The Morgan fingerprint density at radius 1 is 1.00 bits per heavy atom. The fourth-order valence-corrected chi connectivity index (χ4v) is 6.22. The van der Waals surface area contributed by atoms with Crippen LogP contribution in [0.15, 0.2) is 47.4 Å². The van der Waals surface area contributed by atoms with Crippen molar-refractivity contribution >= 4 is 21.9 Å². The van der Waals surface area contributed by atoms with Crippen LogP contribution in [0, 0.1) is 6.92 Å². The molecule has 1 aliphatic rings. The van der Waals surface area contributed by atoms with Crippen LogP contribution in [0.3, 0.4) is 0 Å². The van der Waals surface area contributed by atoms with E-state index in [4.69, 9.17) is 5.11 Å². The number of aryl methyl sites for hydroxylation is 1. The number of carbonyl (C=O) groups is 2. The highest BCUT2D eigenvalue weighted by molar-refractivity contribution is 7.89. The van der Waals surface area contributed by atoms with Crippen molar-refractivity contribution in [3.05, 3.63) is 64.7 Å². The summed E-state index contributed by atoms with van der Waals surface area (Å²) in [4.78, 5) is 25.5. The SMILES string of the molecule is Cc1ccc(S(=O)(=O)N2C(C)CN(C(=O)Cc3ccc(C(F)(F)F)cc3)CC2C)cc1CC(=O)O. The minimum absolute atomic E-state index is 0.0115. The van der Waals surface area contributed by atoms with Crippen molar-refractivity contribution < 1.29 is 36.3 Å². The van der Waals surface area contributed by atoms with E-state index in [0.717, 1.165) is 12.1 Å². The predicted octanol–water partition coefficient (Wildman–Crippen LogP) is 3.49. The molecule has 3 rings (SSSR count). The third kappa shape index (κ3) is 6.02. The van der Waals surface area contributed by atoms with E-state index in [2.05, 4.69) is 0 Å². The van der Waals surface area contributed by atoms with Gasteiger partial charge in [-0.05, 0) is 61.7 Å². The lowest BCUT2D eigenvalue weighted by Gasteiger charge is -2.43. The standard InChI is InChI=1S/C24H27F3N2O5S/c1-15-4-9-21(11-19(15)12-23(31)32)35(33,34)29-16(2)13-28(14-17(29)3)22(30)10-18-5-7-20(8-6-18)24(25,26)27/h4-9,11,16-17H,10,12-14H2,1-3H3,(H,31,32). The number of carbonyl (C=O) groups excluding carboxylic acids is 1. The number of aliphatic carboxylic acids is 1. The molecule has 0 spiro atoms. The van der Waals surface area contributed by atoms with E-state index in [1.807, 2.05) is 0 Å². The summed E-state index contributed by atoms with van der Waals surface area (Å²) in [5.74, 6) is -1.37. The third-order valence-corrected chi connectivity index (χ3v) is 8.19. The van der Waals surface area contributed by atoms with Gasteiger partial charge >= 0.3 is 12.1 Å². The smallest absolute Gasteiger partial charge is 0.416 e. The molecule has 11 heteroatoms. The van der Waals surface area contributed by atoms with Crippen molar-refractivity contribution in [3.8, 4) is 0 Å². The number of amides is 1. The lowest BCUT2D eigenvalue weighted by molar-refractivity contribution is -0.138. The molecular weight excluding hydrogens is 485 g/mol. The van der Waals surface area contributed by atoms with Crippen LogP contribution in [0.2, 0.25) is 0 Å². The molecule has 0 bridgehead atoms. The number of halogens is 3. The van der Waals surface area contributed by atoms with E-state index in [-0.39, 0.29) is 36.7 Å². The number of nitrogens with zero attached hydrogens (tertiary/aromatic N) is 2. The van der Waals surface area contributed by atoms with Crippen molar-refractivity contribution in [3.63, 3.8) is 0 Å². The van der Waals surface area contributed by atoms with Gasteiger partial charge in [-0.3, -0.25) is 9.59 Å². The van der Waals surface area contributed by atoms with E-state index in [1.165, 1.54) is 33.5 Å². The van der Waals surface area contributed by atoms with E-state index in [0.29, 0.717) is 16.7 Å². The van der Waals surface area contributed by atoms with Gasteiger partial charge in [0.05, 0.1) is 23.3 Å². The Morgan fingerprint density at radius 2 is 1.57 bits per heavy atom. The van der Waals surface area contributed by atoms with Crippen LogP contribution < -0.4 is 0 Å². The lowest BCUT2D eigenvalue weighted by atomic mass is 10.1. The molecular formula is C24H27F3N2O5S. The van der Waals surface area contributed by atoms with Gasteiger partial charge in [0.15, 0.2) is 0 Å². The van der Waals surface area contributed by atoms with Gasteiger partial charge in [0.1, 0.15) is 0 Å². The summed E-state index contributed by atoms with van der Waals surface area (Å²) in [5.41, 5.74) is 0.719. The summed E-state index contributed by atoms with van der Waals surface area (Å²) in [7, 11) is -3.97. The van der Waals surface area contributed by atoms with Gasteiger partial charge in [-0.1, -0.05) is 18.2 Å². The topological polar surface area (TPSA) is 95.0 Å². The Labute approximate surface area is 202 Å². The Balaban J connectivity index is 1.74. The van der Waals surface area contributed by atoms with Crippen LogP contribution in [0.5, 0.6) is 0 Å². The molecule has 1 N–H and O–H groups in total. The van der Waals surface area contributed by atoms with Crippen LogP contribution in [0.25, 0.3) is 0 Å². The number of carboxylic acid groups (broad SMARTS) is 1. The summed E-state index contributed by atoms with van der Waals surface area (Å²) in [5, 5.41) is 9.11. The molecule has 2 unspecified atom stereocenters. The number of hydrogen-bond donors (Lipinski definition) is 1. The summed E-state index contributed by atoms with van der Waals surface area (Å²) in [6, 6.07) is 7.65. The maximum absolute atomic E-state index is 13.4. The highest BCUT2D eigenvalue weighted by Gasteiger charge is 2.40. The zero-order valence-electron chi connectivity index (χ0n) is 19.5. The van der Waals surface area contributed by atoms with Crippen LogP contribution in [-0.2, 0) is 38.6 Å². The van der Waals surface area contributed by atoms with Gasteiger partial charge in [0, 0.05) is 25.2 Å². The Bertz CT molecular complexity index is 1200. The number of rotatable bonds is 6. The van der Waals surface area contributed by atoms with E-state index >= 15 is 0 Å². The fourth-order valence-electron chi connectivity index (χ4n) is 4.37. The van der Waals surface area contributed by atoms with Gasteiger partial charge in [-0.25, -0.2) is 8.42 Å². The van der Waals surface area contributed by atoms with Crippen LogP contribution in [0.4, 0.5) is 13.2 Å². The quantitative estimate of drug-likeness (QED) is 0.640. The second-order valence-corrected chi connectivity index (χ2v) is 10.7. The van der Waals surface area contributed by atoms with Crippen molar-refractivity contribution in [1.29, 1.82) is 0 Å². The van der Waals surface area contributed by atoms with Gasteiger partial charge in [0.2, 0.25) is 15.9 Å².